The van der Waals surface area contributed by atoms with Crippen molar-refractivity contribution in [2.24, 2.45) is 0 Å². The first-order valence-electron chi connectivity index (χ1n) is 4.88. The molecule has 0 saturated carbocycles. The molecule has 70 valence electrons. The number of rotatable bonds is 0. The second-order valence-corrected chi connectivity index (χ2v) is 5.78. The molecular weight excluding hydrogens is 271 g/mol. The summed E-state index contributed by atoms with van der Waals surface area (Å²) in [5.74, 6) is 0. The number of benzene rings is 1. The third kappa shape index (κ3) is 1.76. The normalized spacial score (nSPS) is 19.6. The zero-order valence-electron chi connectivity index (χ0n) is 8.23. The summed E-state index contributed by atoms with van der Waals surface area (Å²) in [6.45, 7) is 4.72. The van der Waals surface area contributed by atoms with Gasteiger partial charge in [0.2, 0.25) is 0 Å². The molecule has 1 aromatic carbocycles. The molecule has 0 amide bonds. The van der Waals surface area contributed by atoms with Crippen molar-refractivity contribution in [1.82, 2.24) is 0 Å². The molecule has 0 N–H and O–H groups in total. The van der Waals surface area contributed by atoms with E-state index >= 15 is 0 Å². The summed E-state index contributed by atoms with van der Waals surface area (Å²) in [7, 11) is 0. The van der Waals surface area contributed by atoms with Crippen molar-refractivity contribution < 1.29 is 0 Å². The van der Waals surface area contributed by atoms with Crippen molar-refractivity contribution in [2.45, 2.75) is 38.5 Å². The van der Waals surface area contributed by atoms with E-state index in [1.807, 2.05) is 0 Å². The van der Waals surface area contributed by atoms with Gasteiger partial charge < -0.3 is 0 Å². The molecule has 0 nitrogen and oxygen atoms in total. The Bertz CT molecular complexity index is 326. The zero-order chi connectivity index (χ0) is 9.47. The van der Waals surface area contributed by atoms with Crippen LogP contribution in [0.2, 0.25) is 0 Å². The first kappa shape index (κ1) is 9.50. The molecule has 1 aromatic rings. The second-order valence-electron chi connectivity index (χ2n) is 4.54. The Kier molecular flexibility index (Phi) is 2.39. The standard InChI is InChI=1S/C12H15I/c1-12(2)7-3-4-9-5-6-10(13)8-11(9)12/h5-6,8H,3-4,7H2,1-2H3. The number of aryl methyl sites for hydroxylation is 1. The van der Waals surface area contributed by atoms with Gasteiger partial charge in [0, 0.05) is 3.57 Å². The molecule has 1 aliphatic carbocycles. The summed E-state index contributed by atoms with van der Waals surface area (Å²) >= 11 is 2.40. The molecule has 2 rings (SSSR count). The van der Waals surface area contributed by atoms with E-state index in [2.05, 4.69) is 54.6 Å². The van der Waals surface area contributed by atoms with Gasteiger partial charge in [-0.05, 0) is 70.5 Å². The van der Waals surface area contributed by atoms with Gasteiger partial charge in [0.05, 0.1) is 0 Å². The van der Waals surface area contributed by atoms with Crippen molar-refractivity contribution in [3.05, 3.63) is 32.9 Å². The van der Waals surface area contributed by atoms with Gasteiger partial charge in [0.25, 0.3) is 0 Å². The van der Waals surface area contributed by atoms with Crippen LogP contribution in [0.15, 0.2) is 18.2 Å². The summed E-state index contributed by atoms with van der Waals surface area (Å²) in [4.78, 5) is 0. The van der Waals surface area contributed by atoms with E-state index in [1.165, 1.54) is 22.8 Å². The molecule has 1 aliphatic rings. The van der Waals surface area contributed by atoms with Crippen LogP contribution in [0.25, 0.3) is 0 Å². The molecule has 13 heavy (non-hydrogen) atoms. The summed E-state index contributed by atoms with van der Waals surface area (Å²) in [6.07, 6.45) is 3.95. The first-order chi connectivity index (χ1) is 6.09. The predicted octanol–water partition coefficient (Wildman–Crippen LogP) is 3.91. The van der Waals surface area contributed by atoms with E-state index < -0.39 is 0 Å². The Labute approximate surface area is 93.9 Å². The van der Waals surface area contributed by atoms with Crippen LogP contribution in [0.1, 0.15) is 37.8 Å². The SMILES string of the molecule is CC1(C)CCCc2ccc(I)cc21. The van der Waals surface area contributed by atoms with E-state index in [-0.39, 0.29) is 0 Å². The summed E-state index contributed by atoms with van der Waals surface area (Å²) in [6, 6.07) is 6.88. The van der Waals surface area contributed by atoms with Crippen LogP contribution < -0.4 is 0 Å². The quantitative estimate of drug-likeness (QED) is 0.634. The summed E-state index contributed by atoms with van der Waals surface area (Å²) in [5.41, 5.74) is 3.54. The average Bonchev–Trinajstić information content (AvgIpc) is 2.06. The topological polar surface area (TPSA) is 0 Å². The lowest BCUT2D eigenvalue weighted by atomic mass is 9.73. The Hall–Kier alpha value is -0.0500. The van der Waals surface area contributed by atoms with Crippen LogP contribution in [0.4, 0.5) is 0 Å². The summed E-state index contributed by atoms with van der Waals surface area (Å²) in [5, 5.41) is 0. The van der Waals surface area contributed by atoms with Gasteiger partial charge in [-0.15, -0.1) is 0 Å². The third-order valence-corrected chi connectivity index (χ3v) is 3.72. The maximum Gasteiger partial charge on any atom is 0.0133 e. The fourth-order valence-electron chi connectivity index (χ4n) is 2.25. The minimum Gasteiger partial charge on any atom is -0.0577 e. The average molecular weight is 286 g/mol. The molecule has 0 aliphatic heterocycles. The lowest BCUT2D eigenvalue weighted by Crippen LogP contribution is -2.23. The van der Waals surface area contributed by atoms with Crippen molar-refractivity contribution >= 4 is 22.6 Å². The maximum absolute atomic E-state index is 2.40. The van der Waals surface area contributed by atoms with Crippen molar-refractivity contribution in [3.63, 3.8) is 0 Å². The zero-order valence-corrected chi connectivity index (χ0v) is 10.4. The van der Waals surface area contributed by atoms with E-state index in [0.717, 1.165) is 0 Å². The van der Waals surface area contributed by atoms with Crippen LogP contribution in [-0.2, 0) is 11.8 Å². The molecular formula is C12H15I. The molecule has 0 saturated heterocycles. The highest BCUT2D eigenvalue weighted by molar-refractivity contribution is 14.1. The van der Waals surface area contributed by atoms with Crippen LogP contribution in [0.5, 0.6) is 0 Å². The number of hydrogen-bond donors (Lipinski definition) is 0. The fourth-order valence-corrected chi connectivity index (χ4v) is 2.74. The second kappa shape index (κ2) is 3.26. The van der Waals surface area contributed by atoms with Gasteiger partial charge in [-0.1, -0.05) is 19.9 Å². The highest BCUT2D eigenvalue weighted by Crippen LogP contribution is 2.37. The molecule has 0 unspecified atom stereocenters. The minimum absolute atomic E-state index is 0.398. The molecule has 0 fully saturated rings. The lowest BCUT2D eigenvalue weighted by molar-refractivity contribution is 0.431. The Morgan fingerprint density at radius 2 is 2.08 bits per heavy atom. The molecule has 0 aromatic heterocycles. The monoisotopic (exact) mass is 286 g/mol. The van der Waals surface area contributed by atoms with Crippen LogP contribution >= 0.6 is 22.6 Å². The van der Waals surface area contributed by atoms with E-state index in [1.54, 1.807) is 11.1 Å². The molecule has 0 heterocycles. The Morgan fingerprint density at radius 1 is 1.31 bits per heavy atom. The molecule has 0 bridgehead atoms. The van der Waals surface area contributed by atoms with E-state index in [4.69, 9.17) is 0 Å². The Morgan fingerprint density at radius 3 is 2.85 bits per heavy atom. The third-order valence-electron chi connectivity index (χ3n) is 3.05. The predicted molar refractivity (Wildman–Crippen MR) is 65.1 cm³/mol. The van der Waals surface area contributed by atoms with Crippen LogP contribution in [0, 0.1) is 3.57 Å². The highest BCUT2D eigenvalue weighted by Gasteiger charge is 2.26. The van der Waals surface area contributed by atoms with E-state index in [9.17, 15) is 0 Å². The lowest BCUT2D eigenvalue weighted by Gasteiger charge is -2.32. The van der Waals surface area contributed by atoms with Gasteiger partial charge in [0.15, 0.2) is 0 Å². The van der Waals surface area contributed by atoms with Gasteiger partial charge in [0.1, 0.15) is 0 Å². The molecule has 0 spiro atoms. The van der Waals surface area contributed by atoms with Crippen molar-refractivity contribution in [1.29, 1.82) is 0 Å². The van der Waals surface area contributed by atoms with Gasteiger partial charge >= 0.3 is 0 Å². The largest absolute Gasteiger partial charge is 0.0577 e. The number of fused-ring (bicyclic) bond motifs is 1. The Balaban J connectivity index is 2.55. The van der Waals surface area contributed by atoms with E-state index in [0.29, 0.717) is 5.41 Å². The number of halogens is 1. The number of hydrogen-bond acceptors (Lipinski definition) is 0. The van der Waals surface area contributed by atoms with Crippen molar-refractivity contribution in [3.8, 4) is 0 Å². The highest BCUT2D eigenvalue weighted by atomic mass is 127. The maximum atomic E-state index is 2.40. The van der Waals surface area contributed by atoms with Gasteiger partial charge in [-0.3, -0.25) is 0 Å². The van der Waals surface area contributed by atoms with Crippen LogP contribution in [-0.4, -0.2) is 0 Å². The molecule has 1 heteroatoms. The molecule has 0 atom stereocenters. The summed E-state index contributed by atoms with van der Waals surface area (Å²) < 4.78 is 1.37. The van der Waals surface area contributed by atoms with Gasteiger partial charge in [-0.25, -0.2) is 0 Å². The van der Waals surface area contributed by atoms with Crippen LogP contribution in [0.3, 0.4) is 0 Å². The molecule has 0 radical (unpaired) electrons. The smallest absolute Gasteiger partial charge is 0.0133 e. The fraction of sp³-hybridized carbons (Fsp3) is 0.500. The minimum atomic E-state index is 0.398. The van der Waals surface area contributed by atoms with Gasteiger partial charge in [-0.2, -0.15) is 0 Å². The first-order valence-corrected chi connectivity index (χ1v) is 5.96. The van der Waals surface area contributed by atoms with Crippen molar-refractivity contribution in [2.75, 3.05) is 0 Å².